The molecule has 10 atom stereocenters. The van der Waals surface area contributed by atoms with Crippen molar-refractivity contribution in [3.05, 3.63) is 0 Å². The highest BCUT2D eigenvalue weighted by molar-refractivity contribution is 5.98. The van der Waals surface area contributed by atoms with Crippen LogP contribution in [0, 0.1) is 0 Å². The molecule has 0 aromatic heterocycles. The Balaban J connectivity index is 6.69. The van der Waals surface area contributed by atoms with Crippen molar-refractivity contribution >= 4 is 59.1 Å². The summed E-state index contributed by atoms with van der Waals surface area (Å²) in [6.45, 7) is 1.52. The van der Waals surface area contributed by atoms with Gasteiger partial charge in [-0.05, 0) is 194 Å². The van der Waals surface area contributed by atoms with Gasteiger partial charge in [-0.1, -0.05) is 0 Å². The first-order chi connectivity index (χ1) is 38.8. The van der Waals surface area contributed by atoms with Crippen molar-refractivity contribution in [3.63, 3.8) is 0 Å². The zero-order valence-corrected chi connectivity index (χ0v) is 47.4. The molecule has 9 amide bonds. The standard InChI is InChI=1S/C50H102N20O11/c51-21-1-11-31(61)41(71)62-32(12-2-22-52)42(72)63-33(13-3-23-53)43(73)64-34(14-4-24-54)44(74)65-35(15-5-25-55)45(75)66-36(16-6-26-56)46(76)67-37(17-7-27-57)47(77)68-38(18-8-28-58)48(78)69-39(19-9-29-59)49(79)70-40(50(80)81)20-10-30-60/h31-40H,1-30,51-61H2,(H,62,71)(H,63,72)(H,64,73)(H,65,74)(H,66,75)(H,67,76)(H,68,77)(H,69,78)(H,70,79)(H,80,81)/t31-,32-,33-,34-,35-,36-,37-,38-,39-,40-/m0/s1. The number of aliphatic carboxylic acids is 1. The van der Waals surface area contributed by atoms with Crippen LogP contribution in [-0.4, -0.2) is 190 Å². The van der Waals surface area contributed by atoms with Gasteiger partial charge in [-0.15, -0.1) is 0 Å². The maximum atomic E-state index is 14.2. The number of nitrogens with two attached hydrogens (primary N) is 11. The summed E-state index contributed by atoms with van der Waals surface area (Å²) in [5.74, 6) is -8.17. The second-order valence-corrected chi connectivity index (χ2v) is 19.8. The summed E-state index contributed by atoms with van der Waals surface area (Å²) in [6.07, 6.45) is 3.30. The number of rotatable bonds is 49. The van der Waals surface area contributed by atoms with Crippen LogP contribution in [0.5, 0.6) is 0 Å². The third-order valence-electron chi connectivity index (χ3n) is 13.0. The Hall–Kier alpha value is -5.74. The molecule has 0 aliphatic carbocycles. The fraction of sp³-hybridized carbons (Fsp3) is 0.800. The summed E-state index contributed by atoms with van der Waals surface area (Å²) in [5, 5.41) is 33.4. The molecule has 0 saturated heterocycles. The quantitative estimate of drug-likeness (QED) is 0.0269. The Morgan fingerprint density at radius 1 is 0.235 bits per heavy atom. The molecule has 0 radical (unpaired) electrons. The number of carboxylic acid groups (broad SMARTS) is 1. The SMILES string of the molecule is NCCC[C@H](NC(=O)[C@H](CCCN)NC(=O)[C@H](CCCN)NC(=O)[C@H](CCCN)NC(=O)[C@H](CCCN)NC(=O)[C@H](CCCN)NC(=O)[C@H](CCCN)NC(=O)[C@H](CCCN)NC(=O)[C@H](CCCN)NC(=O)[C@@H](N)CCCN)C(=O)O. The molecular weight excluding hydrogens is 1060 g/mol. The molecule has 0 aliphatic rings. The maximum Gasteiger partial charge on any atom is 0.326 e. The van der Waals surface area contributed by atoms with Gasteiger partial charge in [0.25, 0.3) is 0 Å². The monoisotopic (exact) mass is 1160 g/mol. The lowest BCUT2D eigenvalue weighted by Gasteiger charge is -2.28. The predicted octanol–water partition coefficient (Wildman–Crippen LogP) is -7.85. The maximum absolute atomic E-state index is 14.2. The van der Waals surface area contributed by atoms with E-state index in [2.05, 4.69) is 47.9 Å². The smallest absolute Gasteiger partial charge is 0.326 e. The van der Waals surface area contributed by atoms with Crippen LogP contribution in [0.2, 0.25) is 0 Å². The molecule has 0 aromatic carbocycles. The molecule has 32 N–H and O–H groups in total. The minimum atomic E-state index is -1.33. The lowest BCUT2D eigenvalue weighted by molar-refractivity contribution is -0.142. The number of carbonyl (C=O) groups is 10. The lowest BCUT2D eigenvalue weighted by atomic mass is 10.0. The predicted molar refractivity (Wildman–Crippen MR) is 306 cm³/mol. The second-order valence-electron chi connectivity index (χ2n) is 19.8. The highest BCUT2D eigenvalue weighted by Crippen LogP contribution is 2.11. The lowest BCUT2D eigenvalue weighted by Crippen LogP contribution is -2.60. The van der Waals surface area contributed by atoms with Crippen molar-refractivity contribution in [2.75, 3.05) is 65.4 Å². The van der Waals surface area contributed by atoms with Gasteiger partial charge in [0.2, 0.25) is 53.2 Å². The van der Waals surface area contributed by atoms with Crippen molar-refractivity contribution in [1.29, 1.82) is 0 Å². The van der Waals surface area contributed by atoms with Gasteiger partial charge < -0.3 is 116 Å². The minimum Gasteiger partial charge on any atom is -0.480 e. The molecule has 0 bridgehead atoms. The zero-order valence-electron chi connectivity index (χ0n) is 47.4. The van der Waals surface area contributed by atoms with E-state index >= 15 is 0 Å². The molecule has 0 saturated carbocycles. The Bertz CT molecular complexity index is 1880. The Labute approximate surface area is 476 Å². The summed E-state index contributed by atoms with van der Waals surface area (Å²) in [6, 6.07) is -12.4. The first kappa shape index (κ1) is 75.3. The number of hydrogen-bond acceptors (Lipinski definition) is 21. The van der Waals surface area contributed by atoms with Crippen LogP contribution in [-0.2, 0) is 47.9 Å². The molecular formula is C50H102N20O11. The van der Waals surface area contributed by atoms with Crippen molar-refractivity contribution in [1.82, 2.24) is 47.9 Å². The van der Waals surface area contributed by atoms with Crippen LogP contribution in [0.1, 0.15) is 128 Å². The molecule has 0 aromatic rings. The Morgan fingerprint density at radius 3 is 0.531 bits per heavy atom. The number of nitrogens with one attached hydrogen (secondary N) is 9. The molecule has 31 nitrogen and oxygen atoms in total. The second kappa shape index (κ2) is 45.8. The average Bonchev–Trinajstić information content (AvgIpc) is 3.46. The summed E-state index contributed by atoms with van der Waals surface area (Å²) >= 11 is 0. The van der Waals surface area contributed by atoms with Crippen molar-refractivity contribution in [2.24, 2.45) is 63.1 Å². The van der Waals surface area contributed by atoms with Crippen LogP contribution in [0.3, 0.4) is 0 Å². The zero-order chi connectivity index (χ0) is 61.1. The van der Waals surface area contributed by atoms with Crippen molar-refractivity contribution in [2.45, 2.75) is 189 Å². The van der Waals surface area contributed by atoms with E-state index in [1.807, 2.05) is 0 Å². The van der Waals surface area contributed by atoms with Gasteiger partial charge in [0.15, 0.2) is 0 Å². The van der Waals surface area contributed by atoms with Crippen LogP contribution in [0.15, 0.2) is 0 Å². The van der Waals surface area contributed by atoms with Crippen LogP contribution in [0.4, 0.5) is 0 Å². The van der Waals surface area contributed by atoms with Gasteiger partial charge in [-0.25, -0.2) is 4.79 Å². The number of carbonyl (C=O) groups excluding carboxylic acids is 9. The molecule has 0 fully saturated rings. The number of carboxylic acids is 1. The van der Waals surface area contributed by atoms with Crippen LogP contribution in [0.25, 0.3) is 0 Å². The summed E-state index contributed by atoms with van der Waals surface area (Å²) in [5.41, 5.74) is 63.4. The largest absolute Gasteiger partial charge is 0.480 e. The Morgan fingerprint density at radius 2 is 0.370 bits per heavy atom. The van der Waals surface area contributed by atoms with E-state index in [4.69, 9.17) is 63.1 Å². The number of hydrogen-bond donors (Lipinski definition) is 21. The minimum absolute atomic E-state index is 0.00179. The molecule has 0 heterocycles. The van der Waals surface area contributed by atoms with E-state index < -0.39 is 120 Å². The highest BCUT2D eigenvalue weighted by atomic mass is 16.4. The first-order valence-corrected chi connectivity index (χ1v) is 28.5. The van der Waals surface area contributed by atoms with Gasteiger partial charge in [-0.3, -0.25) is 43.2 Å². The summed E-state index contributed by atoms with van der Waals surface area (Å²) in [4.78, 5) is 136. The third kappa shape index (κ3) is 31.9. The fourth-order valence-corrected chi connectivity index (χ4v) is 8.23. The molecule has 0 aliphatic heterocycles. The average molecular weight is 1160 g/mol. The topological polar surface area (TPSA) is 585 Å². The number of amides is 9. The van der Waals surface area contributed by atoms with Gasteiger partial charge in [0, 0.05) is 0 Å². The van der Waals surface area contributed by atoms with E-state index in [0.717, 1.165) is 0 Å². The van der Waals surface area contributed by atoms with Crippen molar-refractivity contribution in [3.8, 4) is 0 Å². The summed E-state index contributed by atoms with van der Waals surface area (Å²) in [7, 11) is 0. The third-order valence-corrected chi connectivity index (χ3v) is 13.0. The van der Waals surface area contributed by atoms with Crippen LogP contribution < -0.4 is 111 Å². The van der Waals surface area contributed by atoms with E-state index in [9.17, 15) is 53.1 Å². The Kier molecular flexibility index (Phi) is 42.6. The van der Waals surface area contributed by atoms with Gasteiger partial charge >= 0.3 is 5.97 Å². The molecule has 0 rings (SSSR count). The first-order valence-electron chi connectivity index (χ1n) is 28.5. The molecule has 81 heavy (non-hydrogen) atoms. The van der Waals surface area contributed by atoms with Gasteiger partial charge in [-0.2, -0.15) is 0 Å². The van der Waals surface area contributed by atoms with Crippen LogP contribution >= 0.6 is 0 Å². The normalized spacial score (nSPS) is 14.9. The molecule has 468 valence electrons. The van der Waals surface area contributed by atoms with Crippen molar-refractivity contribution < 1.29 is 53.1 Å². The van der Waals surface area contributed by atoms with Gasteiger partial charge in [0.05, 0.1) is 6.04 Å². The van der Waals surface area contributed by atoms with E-state index in [1.165, 1.54) is 0 Å². The molecule has 0 spiro atoms. The summed E-state index contributed by atoms with van der Waals surface area (Å²) < 4.78 is 0. The van der Waals surface area contributed by atoms with E-state index in [-0.39, 0.29) is 168 Å². The molecule has 31 heteroatoms. The van der Waals surface area contributed by atoms with E-state index in [1.54, 1.807) is 0 Å². The van der Waals surface area contributed by atoms with E-state index in [0.29, 0.717) is 25.8 Å². The van der Waals surface area contributed by atoms with Gasteiger partial charge in [0.1, 0.15) is 54.4 Å². The fourth-order valence-electron chi connectivity index (χ4n) is 8.23. The highest BCUT2D eigenvalue weighted by Gasteiger charge is 2.35. The molecule has 0 unspecified atom stereocenters.